The molecule has 2 amide bonds. The van der Waals surface area contributed by atoms with Gasteiger partial charge in [0.2, 0.25) is 11.8 Å². The van der Waals surface area contributed by atoms with Gasteiger partial charge in [0.15, 0.2) is 0 Å². The molecule has 0 saturated carbocycles. The molecule has 182 valence electrons. The van der Waals surface area contributed by atoms with Crippen molar-refractivity contribution >= 4 is 40.4 Å². The lowest BCUT2D eigenvalue weighted by Crippen LogP contribution is -2.36. The molecule has 1 aliphatic rings. The Morgan fingerprint density at radius 3 is 2.54 bits per heavy atom. The van der Waals surface area contributed by atoms with E-state index in [9.17, 15) is 9.59 Å². The summed E-state index contributed by atoms with van der Waals surface area (Å²) in [4.78, 5) is 29.7. The number of nitrogens with zero attached hydrogens (tertiary/aromatic N) is 2. The minimum atomic E-state index is -0.429. The molecular formula is C26H30N6O3. The van der Waals surface area contributed by atoms with Crippen LogP contribution in [0.25, 0.3) is 0 Å². The van der Waals surface area contributed by atoms with Crippen LogP contribution < -0.4 is 26.6 Å². The summed E-state index contributed by atoms with van der Waals surface area (Å²) in [5, 5.41) is 9.49. The highest BCUT2D eigenvalue weighted by molar-refractivity contribution is 5.88. The molecule has 2 heterocycles. The zero-order valence-electron chi connectivity index (χ0n) is 19.7. The van der Waals surface area contributed by atoms with Gasteiger partial charge in [0, 0.05) is 67.1 Å². The number of primary amides is 1. The van der Waals surface area contributed by atoms with Gasteiger partial charge in [-0.1, -0.05) is 12.1 Å². The Kier molecular flexibility index (Phi) is 7.79. The lowest BCUT2D eigenvalue weighted by Gasteiger charge is -2.28. The number of benzene rings is 2. The molecule has 2 aromatic carbocycles. The van der Waals surface area contributed by atoms with Crippen LogP contribution in [0.3, 0.4) is 0 Å². The fourth-order valence-electron chi connectivity index (χ4n) is 3.93. The zero-order chi connectivity index (χ0) is 24.6. The summed E-state index contributed by atoms with van der Waals surface area (Å²) in [6.07, 6.45) is 1.74. The highest BCUT2D eigenvalue weighted by Gasteiger charge is 2.12. The summed E-state index contributed by atoms with van der Waals surface area (Å²) >= 11 is 0. The minimum absolute atomic E-state index is 0.0792. The van der Waals surface area contributed by atoms with Gasteiger partial charge < -0.3 is 31.3 Å². The molecule has 5 N–H and O–H groups in total. The molecule has 1 aliphatic heterocycles. The Balaban J connectivity index is 1.47. The smallest absolute Gasteiger partial charge is 0.221 e. The standard InChI is InChI=1S/C26H30N6O3/c1-18(33)30-22-4-2-3-19(13-22)16-28-24-15-26(29-17-20(24)14-25(27)34)31-21-5-7-23(8-6-21)32-9-11-35-12-10-32/h2-8,13,15,17H,9-12,14,16H2,1H3,(H2,27,34)(H,30,33)(H2,28,29,31). The molecular weight excluding hydrogens is 444 g/mol. The monoisotopic (exact) mass is 474 g/mol. The first kappa shape index (κ1) is 24.0. The van der Waals surface area contributed by atoms with Gasteiger partial charge in [-0.15, -0.1) is 0 Å². The number of ether oxygens (including phenoxy) is 1. The molecule has 9 heteroatoms. The fraction of sp³-hybridized carbons (Fsp3) is 0.269. The third-order valence-electron chi connectivity index (χ3n) is 5.60. The predicted molar refractivity (Wildman–Crippen MR) is 138 cm³/mol. The van der Waals surface area contributed by atoms with Gasteiger partial charge >= 0.3 is 0 Å². The third kappa shape index (κ3) is 6.94. The lowest BCUT2D eigenvalue weighted by molar-refractivity contribution is -0.117. The second-order valence-electron chi connectivity index (χ2n) is 8.38. The molecule has 0 bridgehead atoms. The van der Waals surface area contributed by atoms with Crippen molar-refractivity contribution in [1.29, 1.82) is 0 Å². The van der Waals surface area contributed by atoms with Gasteiger partial charge in [-0.05, 0) is 42.0 Å². The molecule has 3 aromatic rings. The van der Waals surface area contributed by atoms with Gasteiger partial charge in [-0.3, -0.25) is 9.59 Å². The molecule has 0 aliphatic carbocycles. The second kappa shape index (κ2) is 11.3. The van der Waals surface area contributed by atoms with Gasteiger partial charge in [0.1, 0.15) is 5.82 Å². The summed E-state index contributed by atoms with van der Waals surface area (Å²) in [6.45, 7) is 5.24. The number of rotatable bonds is 9. The number of hydrogen-bond donors (Lipinski definition) is 4. The van der Waals surface area contributed by atoms with E-state index in [2.05, 4.69) is 38.0 Å². The number of carbonyl (C=O) groups excluding carboxylic acids is 2. The van der Waals surface area contributed by atoms with Crippen molar-refractivity contribution in [3.63, 3.8) is 0 Å². The van der Waals surface area contributed by atoms with Crippen molar-refractivity contribution in [3.8, 4) is 0 Å². The van der Waals surface area contributed by atoms with Crippen LogP contribution in [0.2, 0.25) is 0 Å². The van der Waals surface area contributed by atoms with Crippen molar-refractivity contribution in [2.45, 2.75) is 19.9 Å². The van der Waals surface area contributed by atoms with E-state index in [4.69, 9.17) is 10.5 Å². The normalized spacial score (nSPS) is 13.2. The fourth-order valence-corrected chi connectivity index (χ4v) is 3.93. The molecule has 1 fully saturated rings. The number of aromatic nitrogens is 1. The van der Waals surface area contributed by atoms with Crippen molar-refractivity contribution in [3.05, 3.63) is 71.9 Å². The zero-order valence-corrected chi connectivity index (χ0v) is 19.7. The van der Waals surface area contributed by atoms with E-state index in [-0.39, 0.29) is 12.3 Å². The van der Waals surface area contributed by atoms with Gasteiger partial charge in [-0.2, -0.15) is 0 Å². The Morgan fingerprint density at radius 1 is 1.06 bits per heavy atom. The van der Waals surface area contributed by atoms with Crippen LogP contribution in [0.4, 0.5) is 28.6 Å². The Labute approximate surface area is 204 Å². The van der Waals surface area contributed by atoms with Gasteiger partial charge in [0.05, 0.1) is 19.6 Å². The lowest BCUT2D eigenvalue weighted by atomic mass is 10.1. The summed E-state index contributed by atoms with van der Waals surface area (Å²) in [5.74, 6) is 0.0930. The first-order valence-electron chi connectivity index (χ1n) is 11.5. The van der Waals surface area contributed by atoms with Gasteiger partial charge in [0.25, 0.3) is 0 Å². The first-order valence-corrected chi connectivity index (χ1v) is 11.5. The van der Waals surface area contributed by atoms with E-state index in [1.807, 2.05) is 42.5 Å². The van der Waals surface area contributed by atoms with Crippen LogP contribution in [0, 0.1) is 0 Å². The number of nitrogens with one attached hydrogen (secondary N) is 3. The average Bonchev–Trinajstić information content (AvgIpc) is 2.84. The van der Waals surface area contributed by atoms with Crippen LogP contribution in [-0.2, 0) is 27.3 Å². The maximum atomic E-state index is 11.6. The van der Waals surface area contributed by atoms with Crippen LogP contribution in [0.15, 0.2) is 60.8 Å². The van der Waals surface area contributed by atoms with E-state index in [1.54, 1.807) is 6.20 Å². The number of anilines is 5. The highest BCUT2D eigenvalue weighted by atomic mass is 16.5. The van der Waals surface area contributed by atoms with E-state index >= 15 is 0 Å². The van der Waals surface area contributed by atoms with Crippen LogP contribution >= 0.6 is 0 Å². The Bertz CT molecular complexity index is 1180. The number of hydrogen-bond acceptors (Lipinski definition) is 7. The van der Waals surface area contributed by atoms with Crippen LogP contribution in [-0.4, -0.2) is 43.1 Å². The van der Waals surface area contributed by atoms with E-state index < -0.39 is 5.91 Å². The quantitative estimate of drug-likeness (QED) is 0.376. The SMILES string of the molecule is CC(=O)Nc1cccc(CNc2cc(Nc3ccc(N4CCOCC4)cc3)ncc2CC(N)=O)c1. The summed E-state index contributed by atoms with van der Waals surface area (Å²) in [5.41, 5.74) is 10.7. The average molecular weight is 475 g/mol. The predicted octanol–water partition coefficient (Wildman–Crippen LogP) is 3.26. The summed E-state index contributed by atoms with van der Waals surface area (Å²) in [6, 6.07) is 17.6. The first-order chi connectivity index (χ1) is 17.0. The molecule has 0 atom stereocenters. The summed E-state index contributed by atoms with van der Waals surface area (Å²) < 4.78 is 5.42. The third-order valence-corrected chi connectivity index (χ3v) is 5.60. The van der Waals surface area contributed by atoms with E-state index in [0.717, 1.165) is 54.6 Å². The largest absolute Gasteiger partial charge is 0.381 e. The Hall–Kier alpha value is -4.11. The van der Waals surface area contributed by atoms with Crippen LogP contribution in [0.5, 0.6) is 0 Å². The Morgan fingerprint density at radius 2 is 1.83 bits per heavy atom. The number of carbonyl (C=O) groups is 2. The van der Waals surface area contributed by atoms with Crippen molar-refractivity contribution in [2.75, 3.05) is 47.2 Å². The molecule has 0 unspecified atom stereocenters. The number of morpholine rings is 1. The molecule has 0 spiro atoms. The maximum Gasteiger partial charge on any atom is 0.221 e. The minimum Gasteiger partial charge on any atom is -0.381 e. The van der Waals surface area contributed by atoms with E-state index in [1.165, 1.54) is 6.92 Å². The molecule has 0 radical (unpaired) electrons. The van der Waals surface area contributed by atoms with E-state index in [0.29, 0.717) is 17.9 Å². The van der Waals surface area contributed by atoms with Crippen molar-refractivity contribution in [1.82, 2.24) is 4.98 Å². The molecule has 35 heavy (non-hydrogen) atoms. The molecule has 1 aromatic heterocycles. The molecule has 9 nitrogen and oxygen atoms in total. The van der Waals surface area contributed by atoms with Crippen LogP contribution in [0.1, 0.15) is 18.1 Å². The highest BCUT2D eigenvalue weighted by Crippen LogP contribution is 2.25. The number of nitrogens with two attached hydrogens (primary N) is 1. The summed E-state index contributed by atoms with van der Waals surface area (Å²) in [7, 11) is 0. The van der Waals surface area contributed by atoms with Crippen molar-refractivity contribution < 1.29 is 14.3 Å². The van der Waals surface area contributed by atoms with Gasteiger partial charge in [-0.25, -0.2) is 4.98 Å². The second-order valence-corrected chi connectivity index (χ2v) is 8.38. The topological polar surface area (TPSA) is 122 Å². The number of amides is 2. The van der Waals surface area contributed by atoms with Crippen molar-refractivity contribution in [2.24, 2.45) is 5.73 Å². The maximum absolute atomic E-state index is 11.6. The molecule has 4 rings (SSSR count). The molecule has 1 saturated heterocycles. The number of pyridine rings is 1.